The molecule has 5 rings (SSSR count). The van der Waals surface area contributed by atoms with Crippen molar-refractivity contribution in [1.29, 1.82) is 0 Å². The molecular weight excluding hydrogens is 432 g/mol. The van der Waals surface area contributed by atoms with Gasteiger partial charge in [-0.15, -0.1) is 0 Å². The maximum atomic E-state index is 12.9. The van der Waals surface area contributed by atoms with Crippen molar-refractivity contribution in [3.05, 3.63) is 41.5 Å². The molecule has 1 aromatic rings. The maximum Gasteiger partial charge on any atom is 0.297 e. The minimum absolute atomic E-state index is 0.131. The SMILES string of the molecule is CC(=O)[C@H]1CC[C@H]2[C@@H]3CC=C4CC(OS(=O)(=O)c5ccc(C)cc5)CC[C@]4(C)[C@H]3CC[C@]12C. The molecule has 0 aliphatic heterocycles. The van der Waals surface area contributed by atoms with E-state index in [0.717, 1.165) is 37.7 Å². The molecule has 1 unspecified atom stereocenters. The lowest BCUT2D eigenvalue weighted by atomic mass is 9.47. The minimum Gasteiger partial charge on any atom is -0.300 e. The molecule has 0 heterocycles. The van der Waals surface area contributed by atoms with Gasteiger partial charge in [0, 0.05) is 5.92 Å². The molecular formula is C28H38O4S. The zero-order valence-corrected chi connectivity index (χ0v) is 21.3. The Balaban J connectivity index is 1.34. The fraction of sp³-hybridized carbons (Fsp3) is 0.679. The predicted molar refractivity (Wildman–Crippen MR) is 129 cm³/mol. The smallest absolute Gasteiger partial charge is 0.297 e. The van der Waals surface area contributed by atoms with E-state index in [-0.39, 0.29) is 27.7 Å². The Morgan fingerprint density at radius 2 is 1.73 bits per heavy atom. The van der Waals surface area contributed by atoms with Crippen LogP contribution in [0.3, 0.4) is 0 Å². The van der Waals surface area contributed by atoms with Crippen molar-refractivity contribution in [1.82, 2.24) is 0 Å². The summed E-state index contributed by atoms with van der Waals surface area (Å²) < 4.78 is 31.5. The number of hydrogen-bond donors (Lipinski definition) is 0. The monoisotopic (exact) mass is 470 g/mol. The van der Waals surface area contributed by atoms with Gasteiger partial charge in [-0.2, -0.15) is 8.42 Å². The van der Waals surface area contributed by atoms with Crippen LogP contribution in [0.15, 0.2) is 40.8 Å². The predicted octanol–water partition coefficient (Wildman–Crippen LogP) is 6.24. The third-order valence-corrected chi connectivity index (χ3v) is 11.5. The van der Waals surface area contributed by atoms with E-state index < -0.39 is 10.1 Å². The van der Waals surface area contributed by atoms with E-state index >= 15 is 0 Å². The molecule has 33 heavy (non-hydrogen) atoms. The summed E-state index contributed by atoms with van der Waals surface area (Å²) in [5.41, 5.74) is 2.73. The Hall–Kier alpha value is -1.46. The summed E-state index contributed by atoms with van der Waals surface area (Å²) in [6.07, 6.45) is 10.2. The van der Waals surface area contributed by atoms with Crippen LogP contribution >= 0.6 is 0 Å². The van der Waals surface area contributed by atoms with E-state index in [4.69, 9.17) is 4.18 Å². The first kappa shape index (κ1) is 23.3. The molecule has 0 saturated heterocycles. The summed E-state index contributed by atoms with van der Waals surface area (Å²) in [6, 6.07) is 6.90. The summed E-state index contributed by atoms with van der Waals surface area (Å²) in [6.45, 7) is 8.54. The third kappa shape index (κ3) is 3.74. The van der Waals surface area contributed by atoms with E-state index in [0.29, 0.717) is 30.0 Å². The number of aryl methyl sites for hydroxylation is 1. The van der Waals surface area contributed by atoms with Gasteiger partial charge in [-0.25, -0.2) is 0 Å². The average molecular weight is 471 g/mol. The van der Waals surface area contributed by atoms with Crippen molar-refractivity contribution in [2.24, 2.45) is 34.5 Å². The van der Waals surface area contributed by atoms with Crippen LogP contribution in [0.25, 0.3) is 0 Å². The quantitative estimate of drug-likeness (QED) is 0.386. The number of carbonyl (C=O) groups excluding carboxylic acids is 1. The summed E-state index contributed by atoms with van der Waals surface area (Å²) in [7, 11) is -3.75. The molecule has 1 aromatic carbocycles. The molecule has 0 N–H and O–H groups in total. The number of carbonyl (C=O) groups is 1. The molecule has 4 aliphatic carbocycles. The fourth-order valence-electron chi connectivity index (χ4n) is 8.32. The van der Waals surface area contributed by atoms with E-state index in [1.54, 1.807) is 19.1 Å². The van der Waals surface area contributed by atoms with Crippen molar-refractivity contribution in [3.63, 3.8) is 0 Å². The fourth-order valence-corrected chi connectivity index (χ4v) is 9.42. The van der Waals surface area contributed by atoms with Gasteiger partial charge >= 0.3 is 0 Å². The first-order valence-electron chi connectivity index (χ1n) is 12.7. The highest BCUT2D eigenvalue weighted by Gasteiger charge is 2.59. The van der Waals surface area contributed by atoms with Gasteiger partial charge < -0.3 is 0 Å². The molecule has 4 nitrogen and oxygen atoms in total. The number of hydrogen-bond acceptors (Lipinski definition) is 4. The molecule has 180 valence electrons. The molecule has 0 radical (unpaired) electrons. The molecule has 4 aliphatic rings. The van der Waals surface area contributed by atoms with Crippen molar-refractivity contribution >= 4 is 15.9 Å². The zero-order valence-electron chi connectivity index (χ0n) is 20.5. The zero-order chi connectivity index (χ0) is 23.6. The van der Waals surface area contributed by atoms with E-state index in [1.165, 1.54) is 18.4 Å². The minimum atomic E-state index is -3.75. The summed E-state index contributed by atoms with van der Waals surface area (Å²) >= 11 is 0. The molecule has 0 aromatic heterocycles. The summed E-state index contributed by atoms with van der Waals surface area (Å²) in [5, 5.41) is 0. The lowest BCUT2D eigenvalue weighted by molar-refractivity contribution is -0.127. The van der Waals surface area contributed by atoms with Crippen molar-refractivity contribution in [2.75, 3.05) is 0 Å². The molecule has 7 atom stereocenters. The van der Waals surface area contributed by atoms with Gasteiger partial charge in [0.15, 0.2) is 0 Å². The Kier molecular flexibility index (Phi) is 5.68. The van der Waals surface area contributed by atoms with E-state index in [2.05, 4.69) is 19.9 Å². The molecule has 3 saturated carbocycles. The molecule has 3 fully saturated rings. The van der Waals surface area contributed by atoms with Crippen LogP contribution in [-0.2, 0) is 19.1 Å². The van der Waals surface area contributed by atoms with Crippen molar-refractivity contribution in [3.8, 4) is 0 Å². The Labute approximate surface area is 199 Å². The molecule has 5 heteroatoms. The number of allylic oxidation sites excluding steroid dienone is 1. The van der Waals surface area contributed by atoms with E-state index in [1.807, 2.05) is 19.1 Å². The Morgan fingerprint density at radius 1 is 1.00 bits per heavy atom. The maximum absolute atomic E-state index is 12.9. The second kappa shape index (κ2) is 8.05. The summed E-state index contributed by atoms with van der Waals surface area (Å²) in [5.74, 6) is 2.53. The van der Waals surface area contributed by atoms with Crippen LogP contribution in [0.4, 0.5) is 0 Å². The second-order valence-electron chi connectivity index (χ2n) is 11.8. The van der Waals surface area contributed by atoms with Gasteiger partial charge in [-0.1, -0.05) is 43.2 Å². The van der Waals surface area contributed by atoms with Crippen molar-refractivity contribution in [2.45, 2.75) is 90.1 Å². The van der Waals surface area contributed by atoms with Gasteiger partial charge in [0.25, 0.3) is 10.1 Å². The normalized spacial score (nSPS) is 40.4. The number of benzene rings is 1. The van der Waals surface area contributed by atoms with E-state index in [9.17, 15) is 13.2 Å². The molecule has 0 bridgehead atoms. The van der Waals surface area contributed by atoms with Gasteiger partial charge in [-0.3, -0.25) is 8.98 Å². The highest BCUT2D eigenvalue weighted by atomic mass is 32.2. The van der Waals surface area contributed by atoms with Gasteiger partial charge in [0.2, 0.25) is 0 Å². The highest BCUT2D eigenvalue weighted by molar-refractivity contribution is 7.86. The topological polar surface area (TPSA) is 60.4 Å². The van der Waals surface area contributed by atoms with Crippen LogP contribution < -0.4 is 0 Å². The highest BCUT2D eigenvalue weighted by Crippen LogP contribution is 2.66. The third-order valence-electron chi connectivity index (χ3n) is 10.1. The van der Waals surface area contributed by atoms with Crippen LogP contribution in [-0.4, -0.2) is 20.3 Å². The number of rotatable bonds is 4. The lowest BCUT2D eigenvalue weighted by Crippen LogP contribution is -2.51. The van der Waals surface area contributed by atoms with Crippen LogP contribution in [0.5, 0.6) is 0 Å². The van der Waals surface area contributed by atoms with Crippen LogP contribution in [0.2, 0.25) is 0 Å². The summed E-state index contributed by atoms with van der Waals surface area (Å²) in [4.78, 5) is 12.6. The largest absolute Gasteiger partial charge is 0.300 e. The lowest BCUT2D eigenvalue weighted by Gasteiger charge is -2.58. The van der Waals surface area contributed by atoms with Crippen molar-refractivity contribution < 1.29 is 17.4 Å². The molecule has 0 spiro atoms. The first-order chi connectivity index (χ1) is 15.5. The average Bonchev–Trinajstić information content (AvgIpc) is 3.11. The van der Waals surface area contributed by atoms with Gasteiger partial charge in [0.05, 0.1) is 11.0 Å². The second-order valence-corrected chi connectivity index (χ2v) is 13.3. The van der Waals surface area contributed by atoms with Crippen LogP contribution in [0, 0.1) is 41.4 Å². The number of fused-ring (bicyclic) bond motifs is 5. The Bertz CT molecular complexity index is 1070. The number of Topliss-reactive ketones (excluding diaryl/α,β-unsaturated/α-hetero) is 1. The van der Waals surface area contributed by atoms with Gasteiger partial charge in [0.1, 0.15) is 5.78 Å². The first-order valence-corrected chi connectivity index (χ1v) is 14.2. The molecule has 0 amide bonds. The van der Waals surface area contributed by atoms with Gasteiger partial charge in [-0.05, 0) is 106 Å². The number of ketones is 1. The Morgan fingerprint density at radius 3 is 2.42 bits per heavy atom. The standard InChI is InChI=1S/C28H38O4S/c1-18-5-8-22(9-6-18)33(30,31)32-21-13-15-27(3)20(17-21)7-10-23-25-12-11-24(19(2)29)28(25,4)16-14-26(23)27/h5-9,21,23-26H,10-17H2,1-4H3/t21?,23-,24+,25-,26-,27-,28+/m0/s1. The van der Waals surface area contributed by atoms with Crippen LogP contribution in [0.1, 0.15) is 77.7 Å².